The molecule has 0 bridgehead atoms. The molecule has 9 heteroatoms. The van der Waals surface area contributed by atoms with Crippen LogP contribution in [0, 0.1) is 0 Å². The SMILES string of the molecule is CCOCCC(=O)NNC(=S)NC(=O)c1ccc(OC)c(Br)c1. The number of carbonyl (C=O) groups excluding carboxylic acids is 2. The van der Waals surface area contributed by atoms with Crippen LogP contribution in [-0.4, -0.2) is 37.3 Å². The van der Waals surface area contributed by atoms with Crippen LogP contribution in [0.3, 0.4) is 0 Å². The van der Waals surface area contributed by atoms with Crippen molar-refractivity contribution in [3.63, 3.8) is 0 Å². The second kappa shape index (κ2) is 10.1. The molecule has 3 N–H and O–H groups in total. The molecule has 0 fully saturated rings. The third kappa shape index (κ3) is 6.93. The summed E-state index contributed by atoms with van der Waals surface area (Å²) < 4.78 is 10.8. The zero-order valence-electron chi connectivity index (χ0n) is 12.8. The average Bonchev–Trinajstić information content (AvgIpc) is 2.53. The second-order valence-corrected chi connectivity index (χ2v) is 5.52. The van der Waals surface area contributed by atoms with Crippen molar-refractivity contribution < 1.29 is 19.1 Å². The smallest absolute Gasteiger partial charge is 0.257 e. The molecule has 2 amide bonds. The Morgan fingerprint density at radius 3 is 2.65 bits per heavy atom. The Labute approximate surface area is 148 Å². The number of benzene rings is 1. The summed E-state index contributed by atoms with van der Waals surface area (Å²) in [4.78, 5) is 23.5. The summed E-state index contributed by atoms with van der Waals surface area (Å²) in [5, 5.41) is 2.45. The molecule has 1 aromatic carbocycles. The van der Waals surface area contributed by atoms with Crippen LogP contribution in [0.25, 0.3) is 0 Å². The molecule has 0 aliphatic heterocycles. The molecule has 7 nitrogen and oxygen atoms in total. The first kappa shape index (κ1) is 19.3. The number of amides is 2. The lowest BCUT2D eigenvalue weighted by Gasteiger charge is -2.11. The number of halogens is 1. The normalized spacial score (nSPS) is 9.87. The van der Waals surface area contributed by atoms with Gasteiger partial charge in [-0.15, -0.1) is 0 Å². The Bertz CT molecular complexity index is 583. The van der Waals surface area contributed by atoms with Gasteiger partial charge in [0.05, 0.1) is 24.6 Å². The quantitative estimate of drug-likeness (QED) is 0.379. The van der Waals surface area contributed by atoms with Crippen LogP contribution in [0.1, 0.15) is 23.7 Å². The number of hydrogen-bond donors (Lipinski definition) is 3. The summed E-state index contributed by atoms with van der Waals surface area (Å²) in [6.45, 7) is 2.72. The van der Waals surface area contributed by atoms with Crippen molar-refractivity contribution in [2.45, 2.75) is 13.3 Å². The third-order valence-electron chi connectivity index (χ3n) is 2.63. The molecule has 0 radical (unpaired) electrons. The Morgan fingerprint density at radius 2 is 2.04 bits per heavy atom. The van der Waals surface area contributed by atoms with Crippen LogP contribution in [-0.2, 0) is 9.53 Å². The Balaban J connectivity index is 2.43. The number of ether oxygens (including phenoxy) is 2. The molecule has 126 valence electrons. The summed E-state index contributed by atoms with van der Waals surface area (Å²) in [6.07, 6.45) is 0.197. The predicted octanol–water partition coefficient (Wildman–Crippen LogP) is 1.52. The zero-order chi connectivity index (χ0) is 17.2. The van der Waals surface area contributed by atoms with E-state index in [0.717, 1.165) is 0 Å². The van der Waals surface area contributed by atoms with Gasteiger partial charge < -0.3 is 9.47 Å². The summed E-state index contributed by atoms with van der Waals surface area (Å²) in [7, 11) is 1.53. The van der Waals surface area contributed by atoms with Crippen LogP contribution >= 0.6 is 28.1 Å². The van der Waals surface area contributed by atoms with Crippen molar-refractivity contribution >= 4 is 45.1 Å². The summed E-state index contributed by atoms with van der Waals surface area (Å²) >= 11 is 8.24. The number of hydrogen-bond acceptors (Lipinski definition) is 5. The van der Waals surface area contributed by atoms with Gasteiger partial charge in [-0.3, -0.25) is 25.8 Å². The number of carbonyl (C=O) groups is 2. The van der Waals surface area contributed by atoms with Crippen LogP contribution in [0.4, 0.5) is 0 Å². The van der Waals surface area contributed by atoms with Gasteiger partial charge >= 0.3 is 0 Å². The van der Waals surface area contributed by atoms with Crippen LogP contribution in [0.5, 0.6) is 5.75 Å². The van der Waals surface area contributed by atoms with Crippen LogP contribution in [0.2, 0.25) is 0 Å². The van der Waals surface area contributed by atoms with E-state index in [1.807, 2.05) is 6.92 Å². The summed E-state index contributed by atoms with van der Waals surface area (Å²) in [5.41, 5.74) is 5.22. The van der Waals surface area contributed by atoms with Gasteiger partial charge in [-0.25, -0.2) is 0 Å². The fourth-order valence-corrected chi connectivity index (χ4v) is 2.20. The Kier molecular flexibility index (Phi) is 8.52. The highest BCUT2D eigenvalue weighted by Gasteiger charge is 2.11. The number of hydrazine groups is 1. The summed E-state index contributed by atoms with van der Waals surface area (Å²) in [5.74, 6) is -0.0829. The van der Waals surface area contributed by atoms with Gasteiger partial charge in [0.15, 0.2) is 5.11 Å². The monoisotopic (exact) mass is 403 g/mol. The van der Waals surface area contributed by atoms with Gasteiger partial charge in [-0.1, -0.05) is 0 Å². The lowest BCUT2D eigenvalue weighted by atomic mass is 10.2. The maximum atomic E-state index is 12.0. The molecule has 0 saturated heterocycles. The van der Waals surface area contributed by atoms with Crippen molar-refractivity contribution in [1.82, 2.24) is 16.2 Å². The lowest BCUT2D eigenvalue weighted by Crippen LogP contribution is -2.48. The maximum absolute atomic E-state index is 12.0. The number of methoxy groups -OCH3 is 1. The molecular formula is C14H18BrN3O4S. The van der Waals surface area contributed by atoms with E-state index in [1.165, 1.54) is 7.11 Å². The maximum Gasteiger partial charge on any atom is 0.257 e. The van der Waals surface area contributed by atoms with Gasteiger partial charge in [0.25, 0.3) is 5.91 Å². The molecule has 0 unspecified atom stereocenters. The number of thiocarbonyl (C=S) groups is 1. The number of nitrogens with one attached hydrogen (secondary N) is 3. The van der Waals surface area contributed by atoms with Gasteiger partial charge in [0, 0.05) is 12.2 Å². The molecule has 0 aromatic heterocycles. The van der Waals surface area contributed by atoms with E-state index in [0.29, 0.717) is 29.0 Å². The zero-order valence-corrected chi connectivity index (χ0v) is 15.2. The largest absolute Gasteiger partial charge is 0.496 e. The highest BCUT2D eigenvalue weighted by Crippen LogP contribution is 2.25. The molecule has 1 aromatic rings. The first-order chi connectivity index (χ1) is 11.0. The molecule has 1 rings (SSSR count). The fourth-order valence-electron chi connectivity index (χ4n) is 1.51. The minimum Gasteiger partial charge on any atom is -0.496 e. The van der Waals surface area contributed by atoms with Crippen molar-refractivity contribution in [3.05, 3.63) is 28.2 Å². The second-order valence-electron chi connectivity index (χ2n) is 4.25. The van der Waals surface area contributed by atoms with Gasteiger partial charge in [-0.2, -0.15) is 0 Å². The number of rotatable bonds is 6. The van der Waals surface area contributed by atoms with Gasteiger partial charge in [0.1, 0.15) is 5.75 Å². The van der Waals surface area contributed by atoms with E-state index >= 15 is 0 Å². The van der Waals surface area contributed by atoms with Crippen molar-refractivity contribution in [3.8, 4) is 5.75 Å². The molecular weight excluding hydrogens is 386 g/mol. The lowest BCUT2D eigenvalue weighted by molar-refractivity contribution is -0.122. The van der Waals surface area contributed by atoms with Gasteiger partial charge in [-0.05, 0) is 53.3 Å². The van der Waals surface area contributed by atoms with E-state index in [-0.39, 0.29) is 17.4 Å². The van der Waals surface area contributed by atoms with E-state index in [2.05, 4.69) is 32.1 Å². The Morgan fingerprint density at radius 1 is 1.30 bits per heavy atom. The summed E-state index contributed by atoms with van der Waals surface area (Å²) in [6, 6.07) is 4.87. The van der Waals surface area contributed by atoms with Crippen LogP contribution < -0.4 is 20.9 Å². The van der Waals surface area contributed by atoms with E-state index in [4.69, 9.17) is 21.7 Å². The van der Waals surface area contributed by atoms with Crippen LogP contribution in [0.15, 0.2) is 22.7 Å². The topological polar surface area (TPSA) is 88.7 Å². The van der Waals surface area contributed by atoms with E-state index < -0.39 is 5.91 Å². The minimum atomic E-state index is -0.408. The predicted molar refractivity (Wildman–Crippen MR) is 93.1 cm³/mol. The van der Waals surface area contributed by atoms with E-state index in [1.54, 1.807) is 18.2 Å². The standard InChI is InChI=1S/C14H18BrN3O4S/c1-3-22-7-6-12(19)17-18-14(23)16-13(20)9-4-5-11(21-2)10(15)8-9/h4-5,8H,3,6-7H2,1-2H3,(H,17,19)(H2,16,18,20,23). The highest BCUT2D eigenvalue weighted by molar-refractivity contribution is 9.10. The van der Waals surface area contributed by atoms with Crippen molar-refractivity contribution in [2.75, 3.05) is 20.3 Å². The Hall–Kier alpha value is -1.71. The van der Waals surface area contributed by atoms with Crippen molar-refractivity contribution in [2.24, 2.45) is 0 Å². The molecule has 0 aliphatic carbocycles. The van der Waals surface area contributed by atoms with Gasteiger partial charge in [0.2, 0.25) is 5.91 Å². The molecule has 0 aliphatic rings. The first-order valence-electron chi connectivity index (χ1n) is 6.79. The fraction of sp³-hybridized carbons (Fsp3) is 0.357. The molecule has 0 saturated carbocycles. The molecule has 0 atom stereocenters. The molecule has 23 heavy (non-hydrogen) atoms. The van der Waals surface area contributed by atoms with Crippen molar-refractivity contribution in [1.29, 1.82) is 0 Å². The molecule has 0 spiro atoms. The minimum absolute atomic E-state index is 0.00768. The highest BCUT2D eigenvalue weighted by atomic mass is 79.9. The van der Waals surface area contributed by atoms with E-state index in [9.17, 15) is 9.59 Å². The molecule has 0 heterocycles. The third-order valence-corrected chi connectivity index (χ3v) is 3.46. The first-order valence-corrected chi connectivity index (χ1v) is 7.99. The average molecular weight is 404 g/mol.